The molecule has 10 heteroatoms. The zero-order chi connectivity index (χ0) is 23.3. The summed E-state index contributed by atoms with van der Waals surface area (Å²) >= 11 is 12.5. The lowest BCUT2D eigenvalue weighted by Crippen LogP contribution is -2.70. The van der Waals surface area contributed by atoms with Crippen LogP contribution >= 0.6 is 23.2 Å². The predicted octanol–water partition coefficient (Wildman–Crippen LogP) is 6.03. The van der Waals surface area contributed by atoms with Crippen molar-refractivity contribution >= 4 is 47.1 Å². The van der Waals surface area contributed by atoms with Crippen LogP contribution in [0.1, 0.15) is 0 Å². The molecule has 0 aliphatic heterocycles. The van der Waals surface area contributed by atoms with Gasteiger partial charge >= 0.3 is 7.25 Å². The molecular weight excluding hydrogens is 468 g/mol. The van der Waals surface area contributed by atoms with Gasteiger partial charge in [0.05, 0.1) is 23.6 Å². The minimum atomic E-state index is -6.00. The Morgan fingerprint density at radius 3 is 2.19 bits per heavy atom. The quantitative estimate of drug-likeness (QED) is 0.285. The predicted molar refractivity (Wildman–Crippen MR) is 119 cm³/mol. The number of methoxy groups -OCH3 is 1. The third-order valence-corrected chi connectivity index (χ3v) is 4.75. The second kappa shape index (κ2) is 10.1. The molecule has 0 aliphatic carbocycles. The van der Waals surface area contributed by atoms with Gasteiger partial charge in [0.1, 0.15) is 17.1 Å². The highest BCUT2D eigenvalue weighted by Crippen LogP contribution is 2.26. The third kappa shape index (κ3) is 6.51. The largest absolute Gasteiger partial charge is 0.673 e. The molecule has 3 aromatic carbocycles. The lowest BCUT2D eigenvalue weighted by Gasteiger charge is -2.04. The molecule has 0 bridgehead atoms. The van der Waals surface area contributed by atoms with E-state index >= 15 is 0 Å². The first-order valence-electron chi connectivity index (χ1n) is 9.24. The molecule has 0 amide bonds. The van der Waals surface area contributed by atoms with Gasteiger partial charge in [-0.1, -0.05) is 53.5 Å². The van der Waals surface area contributed by atoms with Gasteiger partial charge in [-0.25, -0.2) is 4.99 Å². The van der Waals surface area contributed by atoms with Gasteiger partial charge in [0, 0.05) is 22.7 Å². The van der Waals surface area contributed by atoms with Crippen LogP contribution < -0.4 is 15.1 Å². The molecule has 1 N–H and O–H groups in total. The van der Waals surface area contributed by atoms with Crippen molar-refractivity contribution in [1.82, 2.24) is 0 Å². The van der Waals surface area contributed by atoms with Gasteiger partial charge in [0.25, 0.3) is 0 Å². The highest BCUT2D eigenvalue weighted by molar-refractivity contribution is 6.50. The van der Waals surface area contributed by atoms with E-state index in [1.807, 2.05) is 72.8 Å². The number of ether oxygens (including phenoxy) is 1. The van der Waals surface area contributed by atoms with E-state index in [9.17, 15) is 17.3 Å². The molecule has 0 atom stereocenters. The Bertz CT molecular complexity index is 1290. The average molecular weight is 484 g/mol. The Morgan fingerprint density at radius 1 is 0.875 bits per heavy atom. The van der Waals surface area contributed by atoms with E-state index in [1.165, 1.54) is 0 Å². The summed E-state index contributed by atoms with van der Waals surface area (Å²) in [6.45, 7) is 0. The maximum Gasteiger partial charge on any atom is 0.673 e. The van der Waals surface area contributed by atoms with Crippen molar-refractivity contribution in [3.63, 3.8) is 0 Å². The number of hydrogen-bond donors (Lipinski definition) is 1. The summed E-state index contributed by atoms with van der Waals surface area (Å²) in [5.41, 5.74) is 2.57. The first kappa shape index (κ1) is 23.7. The smallest absolute Gasteiger partial charge is 0.495 e. The summed E-state index contributed by atoms with van der Waals surface area (Å²) in [5.74, 6) is 1.38. The molecule has 0 unspecified atom stereocenters. The highest BCUT2D eigenvalue weighted by atomic mass is 35.5. The first-order valence-corrected chi connectivity index (χ1v) is 9.99. The minimum absolute atomic E-state index is 0.536. The van der Waals surface area contributed by atoms with E-state index in [-0.39, 0.29) is 0 Å². The molecule has 32 heavy (non-hydrogen) atoms. The molecule has 0 radical (unpaired) electrons. The van der Waals surface area contributed by atoms with Crippen molar-refractivity contribution in [2.75, 3.05) is 7.11 Å². The van der Waals surface area contributed by atoms with E-state index in [2.05, 4.69) is 4.99 Å². The molecule has 0 spiro atoms. The maximum atomic E-state index is 9.75. The number of halogens is 6. The molecule has 0 saturated carbocycles. The number of hydrogen-bond acceptors (Lipinski definition) is 2. The van der Waals surface area contributed by atoms with Crippen molar-refractivity contribution in [3.05, 3.63) is 88.2 Å². The van der Waals surface area contributed by atoms with E-state index in [4.69, 9.17) is 32.4 Å². The molecule has 1 heterocycles. The van der Waals surface area contributed by atoms with Crippen molar-refractivity contribution in [3.8, 4) is 17.1 Å². The van der Waals surface area contributed by atoms with E-state index in [1.54, 1.807) is 7.11 Å². The monoisotopic (exact) mass is 483 g/mol. The lowest BCUT2D eigenvalue weighted by atomic mass is 10.1. The van der Waals surface area contributed by atoms with Gasteiger partial charge < -0.3 is 26.4 Å². The van der Waals surface area contributed by atoms with Crippen LogP contribution in [0.4, 0.5) is 23.0 Å². The zero-order valence-corrected chi connectivity index (χ0v) is 18.1. The molecule has 0 saturated heterocycles. The molecule has 0 aliphatic rings. The van der Waals surface area contributed by atoms with E-state index in [0.717, 1.165) is 33.3 Å². The van der Waals surface area contributed by atoms with Crippen molar-refractivity contribution < 1.29 is 31.4 Å². The molecule has 166 valence electrons. The Labute approximate surface area is 191 Å². The van der Waals surface area contributed by atoms with Crippen LogP contribution in [0, 0.1) is 0 Å². The van der Waals surface area contributed by atoms with Gasteiger partial charge in [-0.3, -0.25) is 0 Å². The molecule has 1 aromatic heterocycles. The van der Waals surface area contributed by atoms with Crippen LogP contribution in [-0.2, 0) is 0 Å². The SMILES string of the molecule is COc1ccc([NH+]=c2cc(-c3ccccc3)oc3ccc(Cl)cc23)cc1Cl.F[B-](F)(F)F. The van der Waals surface area contributed by atoms with Gasteiger partial charge in [-0.2, -0.15) is 0 Å². The van der Waals surface area contributed by atoms with Gasteiger partial charge in [-0.15, -0.1) is 0 Å². The second-order valence-electron chi connectivity index (χ2n) is 6.50. The first-order chi connectivity index (χ1) is 15.1. The molecule has 4 rings (SSSR count). The number of fused-ring (bicyclic) bond motifs is 1. The molecule has 0 fully saturated rings. The van der Waals surface area contributed by atoms with Gasteiger partial charge in [0.2, 0.25) is 11.0 Å². The maximum absolute atomic E-state index is 9.75. The van der Waals surface area contributed by atoms with Gasteiger partial charge in [0.15, 0.2) is 0 Å². The average Bonchev–Trinajstić information content (AvgIpc) is 2.73. The van der Waals surface area contributed by atoms with Gasteiger partial charge in [-0.05, 0) is 24.3 Å². The topological polar surface area (TPSA) is 36.3 Å². The standard InChI is InChI=1S/C22H15Cl2NO2.BF4/c1-26-21-10-8-16(12-18(21)24)25-19-13-22(14-5-3-2-4-6-14)27-20-9-7-15(23)11-17(19)20;2-1(3,4)5/h2-13H,1H3;/q;-1/p+1. The normalized spacial score (nSPS) is 11.8. The number of benzene rings is 3. The minimum Gasteiger partial charge on any atom is -0.495 e. The van der Waals surface area contributed by atoms with Crippen molar-refractivity contribution in [2.45, 2.75) is 0 Å². The second-order valence-corrected chi connectivity index (χ2v) is 7.34. The van der Waals surface area contributed by atoms with E-state index in [0.29, 0.717) is 15.8 Å². The zero-order valence-electron chi connectivity index (χ0n) is 16.6. The fourth-order valence-corrected chi connectivity index (χ4v) is 3.34. The summed E-state index contributed by atoms with van der Waals surface area (Å²) in [4.78, 5) is 3.42. The third-order valence-electron chi connectivity index (χ3n) is 4.22. The van der Waals surface area contributed by atoms with Crippen LogP contribution in [0.25, 0.3) is 22.3 Å². The Morgan fingerprint density at radius 2 is 1.56 bits per heavy atom. The van der Waals surface area contributed by atoms with Crippen LogP contribution in [-0.4, -0.2) is 14.4 Å². The number of nitrogens with one attached hydrogen (secondary N) is 1. The lowest BCUT2D eigenvalue weighted by molar-refractivity contribution is -0.400. The highest BCUT2D eigenvalue weighted by Gasteiger charge is 2.20. The molecular formula is C22H16BCl2F4NO2. The number of rotatable bonds is 3. The Balaban J connectivity index is 0.000000523. The summed E-state index contributed by atoms with van der Waals surface area (Å²) in [6.07, 6.45) is 0. The summed E-state index contributed by atoms with van der Waals surface area (Å²) in [6, 6.07) is 23.0. The van der Waals surface area contributed by atoms with Crippen molar-refractivity contribution in [2.24, 2.45) is 0 Å². The Kier molecular flexibility index (Phi) is 7.48. The summed E-state index contributed by atoms with van der Waals surface area (Å²) < 4.78 is 50.3. The molecule has 3 nitrogen and oxygen atoms in total. The van der Waals surface area contributed by atoms with Crippen LogP contribution in [0.5, 0.6) is 5.75 Å². The molecule has 4 aromatic rings. The Hall–Kier alpha value is -2.97. The van der Waals surface area contributed by atoms with Crippen LogP contribution in [0.2, 0.25) is 10.0 Å². The van der Waals surface area contributed by atoms with Crippen LogP contribution in [0.3, 0.4) is 0 Å². The fourth-order valence-electron chi connectivity index (χ4n) is 2.91. The summed E-state index contributed by atoms with van der Waals surface area (Å²) in [5, 5.41) is 2.93. The van der Waals surface area contributed by atoms with E-state index < -0.39 is 7.25 Å². The van der Waals surface area contributed by atoms with Crippen molar-refractivity contribution in [1.29, 1.82) is 0 Å². The fraction of sp³-hybridized carbons (Fsp3) is 0.0455. The van der Waals surface area contributed by atoms with Crippen LogP contribution in [0.15, 0.2) is 77.2 Å². The summed E-state index contributed by atoms with van der Waals surface area (Å²) in [7, 11) is -4.41.